The van der Waals surface area contributed by atoms with Gasteiger partial charge in [0, 0.05) is 25.0 Å². The number of rotatable bonds is 10. The zero-order chi connectivity index (χ0) is 24.5. The number of carbonyl (C=O) groups excluding carboxylic acids is 2. The van der Waals surface area contributed by atoms with Gasteiger partial charge in [0.15, 0.2) is 11.5 Å². The van der Waals surface area contributed by atoms with E-state index in [0.29, 0.717) is 29.5 Å². The number of halogens is 1. The molecule has 0 unspecified atom stereocenters. The Morgan fingerprint density at radius 3 is 2.18 bits per heavy atom. The number of hydrogen-bond donors (Lipinski definition) is 1. The molecule has 1 N–H and O–H groups in total. The summed E-state index contributed by atoms with van der Waals surface area (Å²) in [5.41, 5.74) is 2.63. The van der Waals surface area contributed by atoms with E-state index in [1.54, 1.807) is 31.3 Å². The van der Waals surface area contributed by atoms with E-state index in [0.717, 1.165) is 16.7 Å². The molecule has 1 atom stereocenters. The smallest absolute Gasteiger partial charge is 0.247 e. The first kappa shape index (κ1) is 25.1. The fourth-order valence-electron chi connectivity index (χ4n) is 3.74. The molecule has 0 bridgehead atoms. The molecule has 3 aromatic rings. The van der Waals surface area contributed by atoms with Crippen LogP contribution in [0.4, 0.5) is 0 Å². The van der Waals surface area contributed by atoms with Crippen LogP contribution in [0.5, 0.6) is 11.5 Å². The molecule has 0 aliphatic heterocycles. The zero-order valence-electron chi connectivity index (χ0n) is 19.6. The van der Waals surface area contributed by atoms with Crippen LogP contribution in [0, 0.1) is 0 Å². The van der Waals surface area contributed by atoms with Crippen LogP contribution >= 0.6 is 11.6 Å². The fraction of sp³-hybridized carbons (Fsp3) is 0.259. The van der Waals surface area contributed by atoms with Gasteiger partial charge in [-0.1, -0.05) is 60.1 Å². The summed E-state index contributed by atoms with van der Waals surface area (Å²) in [7, 11) is 3.18. The van der Waals surface area contributed by atoms with Crippen molar-refractivity contribution in [2.45, 2.75) is 25.9 Å². The molecule has 0 aliphatic rings. The van der Waals surface area contributed by atoms with Crippen LogP contribution < -0.4 is 14.8 Å². The van der Waals surface area contributed by atoms with Gasteiger partial charge in [-0.05, 0) is 47.4 Å². The Bertz CT molecular complexity index is 1100. The highest BCUT2D eigenvalue weighted by Gasteiger charge is 2.29. The van der Waals surface area contributed by atoms with E-state index in [-0.39, 0.29) is 18.4 Å². The Hall–Kier alpha value is -3.51. The molecular weight excluding hydrogens is 452 g/mol. The largest absolute Gasteiger partial charge is 0.493 e. The average molecular weight is 481 g/mol. The summed E-state index contributed by atoms with van der Waals surface area (Å²) < 4.78 is 10.6. The van der Waals surface area contributed by atoms with Gasteiger partial charge in [-0.3, -0.25) is 9.59 Å². The van der Waals surface area contributed by atoms with Crippen molar-refractivity contribution in [2.24, 2.45) is 0 Å². The lowest BCUT2D eigenvalue weighted by Crippen LogP contribution is -2.43. The normalized spacial score (nSPS) is 11.4. The predicted molar refractivity (Wildman–Crippen MR) is 133 cm³/mol. The SMILES string of the molecule is COc1ccc(CCNC(=O)[C@H](c2ccccc2)N(Cc2ccc(Cl)cc2)C(C)=O)cc1OC. The Labute approximate surface area is 205 Å². The van der Waals surface area contributed by atoms with Crippen molar-refractivity contribution in [1.29, 1.82) is 0 Å². The van der Waals surface area contributed by atoms with Crippen molar-refractivity contribution in [1.82, 2.24) is 10.2 Å². The first-order valence-electron chi connectivity index (χ1n) is 11.0. The van der Waals surface area contributed by atoms with Crippen LogP contribution in [0.15, 0.2) is 72.8 Å². The van der Waals surface area contributed by atoms with Gasteiger partial charge in [0.05, 0.1) is 14.2 Å². The van der Waals surface area contributed by atoms with Crippen molar-refractivity contribution in [2.75, 3.05) is 20.8 Å². The molecule has 0 aliphatic carbocycles. The van der Waals surface area contributed by atoms with Crippen LogP contribution in [-0.2, 0) is 22.6 Å². The highest BCUT2D eigenvalue weighted by molar-refractivity contribution is 6.30. The molecule has 3 rings (SSSR count). The molecule has 0 heterocycles. The van der Waals surface area contributed by atoms with Crippen molar-refractivity contribution < 1.29 is 19.1 Å². The van der Waals surface area contributed by atoms with Crippen molar-refractivity contribution in [3.8, 4) is 11.5 Å². The average Bonchev–Trinajstić information content (AvgIpc) is 2.85. The Kier molecular flexibility index (Phi) is 8.93. The van der Waals surface area contributed by atoms with Gasteiger partial charge in [0.25, 0.3) is 0 Å². The van der Waals surface area contributed by atoms with Crippen LogP contribution in [0.1, 0.15) is 29.7 Å². The fourth-order valence-corrected chi connectivity index (χ4v) is 3.87. The lowest BCUT2D eigenvalue weighted by atomic mass is 10.0. The number of ether oxygens (including phenoxy) is 2. The maximum absolute atomic E-state index is 13.4. The topological polar surface area (TPSA) is 67.9 Å². The number of nitrogens with one attached hydrogen (secondary N) is 1. The number of benzene rings is 3. The molecule has 6 nitrogen and oxygen atoms in total. The Morgan fingerprint density at radius 2 is 1.56 bits per heavy atom. The molecule has 0 fully saturated rings. The molecule has 34 heavy (non-hydrogen) atoms. The maximum atomic E-state index is 13.4. The summed E-state index contributed by atoms with van der Waals surface area (Å²) in [6, 6.07) is 21.5. The minimum Gasteiger partial charge on any atom is -0.493 e. The second-order valence-corrected chi connectivity index (χ2v) is 8.25. The van der Waals surface area contributed by atoms with Gasteiger partial charge in [0.1, 0.15) is 6.04 Å². The molecule has 0 saturated heterocycles. The highest BCUT2D eigenvalue weighted by Crippen LogP contribution is 2.28. The van der Waals surface area contributed by atoms with Crippen molar-refractivity contribution >= 4 is 23.4 Å². The third-order valence-corrected chi connectivity index (χ3v) is 5.76. The van der Waals surface area contributed by atoms with Gasteiger partial charge in [-0.15, -0.1) is 0 Å². The van der Waals surface area contributed by atoms with E-state index in [2.05, 4.69) is 5.32 Å². The molecule has 7 heteroatoms. The lowest BCUT2D eigenvalue weighted by Gasteiger charge is -2.30. The predicted octanol–water partition coefficient (Wildman–Crippen LogP) is 4.81. The highest BCUT2D eigenvalue weighted by atomic mass is 35.5. The monoisotopic (exact) mass is 480 g/mol. The number of methoxy groups -OCH3 is 2. The third kappa shape index (κ3) is 6.51. The van der Waals surface area contributed by atoms with Crippen LogP contribution in [-0.4, -0.2) is 37.5 Å². The summed E-state index contributed by atoms with van der Waals surface area (Å²) >= 11 is 6.00. The van der Waals surface area contributed by atoms with E-state index in [4.69, 9.17) is 21.1 Å². The van der Waals surface area contributed by atoms with Gasteiger partial charge in [-0.25, -0.2) is 0 Å². The van der Waals surface area contributed by atoms with Gasteiger partial charge < -0.3 is 19.7 Å². The maximum Gasteiger partial charge on any atom is 0.247 e. The van der Waals surface area contributed by atoms with E-state index < -0.39 is 6.04 Å². The second kappa shape index (κ2) is 12.1. The minimum atomic E-state index is -0.764. The van der Waals surface area contributed by atoms with E-state index in [1.807, 2.05) is 60.7 Å². The summed E-state index contributed by atoms with van der Waals surface area (Å²) in [5.74, 6) is 0.854. The molecule has 3 aromatic carbocycles. The van der Waals surface area contributed by atoms with Crippen LogP contribution in [0.2, 0.25) is 5.02 Å². The lowest BCUT2D eigenvalue weighted by molar-refractivity contribution is -0.140. The van der Waals surface area contributed by atoms with Crippen molar-refractivity contribution in [3.05, 3.63) is 94.5 Å². The number of amides is 2. The summed E-state index contributed by atoms with van der Waals surface area (Å²) in [6.07, 6.45) is 0.602. The standard InChI is InChI=1S/C27H29ClN2O4/c1-19(31)30(18-21-9-12-23(28)13-10-21)26(22-7-5-4-6-8-22)27(32)29-16-15-20-11-14-24(33-2)25(17-20)34-3/h4-14,17,26H,15-16,18H2,1-3H3,(H,29,32)/t26-/m0/s1. The van der Waals surface area contributed by atoms with E-state index >= 15 is 0 Å². The third-order valence-electron chi connectivity index (χ3n) is 5.51. The quantitative estimate of drug-likeness (QED) is 0.452. The van der Waals surface area contributed by atoms with Gasteiger partial charge in [0.2, 0.25) is 11.8 Å². The number of hydrogen-bond acceptors (Lipinski definition) is 4. The molecular formula is C27H29ClN2O4. The summed E-state index contributed by atoms with van der Waals surface area (Å²) in [6.45, 7) is 2.17. The number of nitrogens with zero attached hydrogens (tertiary/aromatic N) is 1. The molecule has 0 radical (unpaired) electrons. The molecule has 0 saturated carbocycles. The second-order valence-electron chi connectivity index (χ2n) is 7.82. The van der Waals surface area contributed by atoms with Gasteiger partial charge in [-0.2, -0.15) is 0 Å². The molecule has 178 valence electrons. The zero-order valence-corrected chi connectivity index (χ0v) is 20.3. The van der Waals surface area contributed by atoms with Crippen LogP contribution in [0.25, 0.3) is 0 Å². The minimum absolute atomic E-state index is 0.196. The molecule has 0 aromatic heterocycles. The van der Waals surface area contributed by atoms with E-state index in [1.165, 1.54) is 6.92 Å². The van der Waals surface area contributed by atoms with Crippen LogP contribution in [0.3, 0.4) is 0 Å². The Balaban J connectivity index is 1.77. The molecule has 2 amide bonds. The first-order chi connectivity index (χ1) is 16.4. The first-order valence-corrected chi connectivity index (χ1v) is 11.4. The summed E-state index contributed by atoms with van der Waals surface area (Å²) in [5, 5.41) is 3.62. The molecule has 0 spiro atoms. The number of carbonyl (C=O) groups is 2. The Morgan fingerprint density at radius 1 is 0.912 bits per heavy atom. The van der Waals surface area contributed by atoms with Gasteiger partial charge >= 0.3 is 0 Å². The van der Waals surface area contributed by atoms with Crippen molar-refractivity contribution in [3.63, 3.8) is 0 Å². The summed E-state index contributed by atoms with van der Waals surface area (Å²) in [4.78, 5) is 27.6. The van der Waals surface area contributed by atoms with E-state index in [9.17, 15) is 9.59 Å².